The molecule has 3 rings (SSSR count). The second-order valence-corrected chi connectivity index (χ2v) is 7.00. The summed E-state index contributed by atoms with van der Waals surface area (Å²) in [5, 5.41) is 9.42. The normalized spacial score (nSPS) is 10.5. The van der Waals surface area contributed by atoms with Crippen LogP contribution in [-0.4, -0.2) is 40.7 Å². The Morgan fingerprint density at radius 3 is 2.55 bits per heavy atom. The number of esters is 1. The van der Waals surface area contributed by atoms with Crippen LogP contribution in [0.4, 0.5) is 0 Å². The number of carbonyl (C=O) groups excluding carboxylic acids is 1. The Morgan fingerprint density at radius 1 is 1.03 bits per heavy atom. The first kappa shape index (κ1) is 22.0. The molecule has 0 unspecified atom stereocenters. The maximum atomic E-state index is 11.5. The molecular weight excluding hydrogens is 396 g/mol. The van der Waals surface area contributed by atoms with Crippen molar-refractivity contribution in [3.05, 3.63) is 77.4 Å². The fourth-order valence-corrected chi connectivity index (χ4v) is 3.24. The van der Waals surface area contributed by atoms with E-state index in [9.17, 15) is 14.7 Å². The lowest BCUT2D eigenvalue weighted by Crippen LogP contribution is -2.06. The van der Waals surface area contributed by atoms with Crippen LogP contribution in [0.2, 0.25) is 0 Å². The summed E-state index contributed by atoms with van der Waals surface area (Å²) in [5.41, 5.74) is 3.97. The van der Waals surface area contributed by atoms with E-state index in [2.05, 4.69) is 14.7 Å². The Kier molecular flexibility index (Phi) is 7.32. The number of ether oxygens (including phenoxy) is 2. The van der Waals surface area contributed by atoms with Gasteiger partial charge in [-0.05, 0) is 54.7 Å². The molecule has 160 valence electrons. The highest BCUT2D eigenvalue weighted by Gasteiger charge is 2.16. The summed E-state index contributed by atoms with van der Waals surface area (Å²) in [6, 6.07) is 12.8. The van der Waals surface area contributed by atoms with Crippen molar-refractivity contribution in [3.63, 3.8) is 0 Å². The number of methoxy groups -OCH3 is 1. The van der Waals surface area contributed by atoms with Crippen molar-refractivity contribution in [1.29, 1.82) is 0 Å². The van der Waals surface area contributed by atoms with E-state index < -0.39 is 5.97 Å². The van der Waals surface area contributed by atoms with Crippen molar-refractivity contribution < 1.29 is 24.2 Å². The molecule has 0 spiro atoms. The van der Waals surface area contributed by atoms with Crippen LogP contribution in [0, 0.1) is 6.92 Å². The van der Waals surface area contributed by atoms with Crippen molar-refractivity contribution in [2.75, 3.05) is 13.7 Å². The molecule has 31 heavy (non-hydrogen) atoms. The van der Waals surface area contributed by atoms with Crippen LogP contribution in [0.3, 0.4) is 0 Å². The van der Waals surface area contributed by atoms with Gasteiger partial charge in [0.05, 0.1) is 20.1 Å². The van der Waals surface area contributed by atoms with E-state index in [1.165, 1.54) is 13.3 Å². The first-order valence-corrected chi connectivity index (χ1v) is 9.91. The van der Waals surface area contributed by atoms with Gasteiger partial charge < -0.3 is 14.6 Å². The second-order valence-electron chi connectivity index (χ2n) is 7.00. The highest BCUT2D eigenvalue weighted by Crippen LogP contribution is 2.31. The number of carboxylic acids is 1. The molecule has 1 N–H and O–H groups in total. The summed E-state index contributed by atoms with van der Waals surface area (Å²) < 4.78 is 10.6. The number of pyridine rings is 2. The topological polar surface area (TPSA) is 98.6 Å². The van der Waals surface area contributed by atoms with E-state index in [0.29, 0.717) is 17.9 Å². The number of carboxylic acid groups (broad SMARTS) is 1. The molecular formula is C24H24N2O5. The van der Waals surface area contributed by atoms with Crippen molar-refractivity contribution in [2.45, 2.75) is 26.2 Å². The monoisotopic (exact) mass is 420 g/mol. The molecule has 3 aromatic rings. The standard InChI is InChI=1S/C24H24N2O5/c1-16-19(20-8-4-12-25-23(20)24(28)29)7-3-9-21(16)31-13-5-6-18-11-10-17(15-26-18)14-22(27)30-2/h3-4,7-12,15H,5-6,13-14H2,1-2H3,(H,28,29). The van der Waals surface area contributed by atoms with Gasteiger partial charge in [-0.25, -0.2) is 9.78 Å². The van der Waals surface area contributed by atoms with Gasteiger partial charge >= 0.3 is 11.9 Å². The third kappa shape index (κ3) is 5.66. The molecule has 2 heterocycles. The van der Waals surface area contributed by atoms with Crippen molar-refractivity contribution in [3.8, 4) is 16.9 Å². The van der Waals surface area contributed by atoms with Gasteiger partial charge in [0, 0.05) is 23.7 Å². The van der Waals surface area contributed by atoms with Crippen molar-refractivity contribution >= 4 is 11.9 Å². The molecule has 2 aromatic heterocycles. The summed E-state index contributed by atoms with van der Waals surface area (Å²) in [6.45, 7) is 2.40. The van der Waals surface area contributed by atoms with E-state index >= 15 is 0 Å². The fraction of sp³-hybridized carbons (Fsp3) is 0.250. The highest BCUT2D eigenvalue weighted by atomic mass is 16.5. The summed E-state index contributed by atoms with van der Waals surface area (Å²) in [7, 11) is 1.36. The molecule has 0 saturated heterocycles. The predicted molar refractivity (Wildman–Crippen MR) is 115 cm³/mol. The second kappa shape index (κ2) is 10.3. The average molecular weight is 420 g/mol. The van der Waals surface area contributed by atoms with E-state index in [1.807, 2.05) is 37.3 Å². The first-order valence-electron chi connectivity index (χ1n) is 9.91. The van der Waals surface area contributed by atoms with E-state index in [-0.39, 0.29) is 18.1 Å². The molecule has 1 aromatic carbocycles. The summed E-state index contributed by atoms with van der Waals surface area (Å²) >= 11 is 0. The van der Waals surface area contributed by atoms with E-state index in [0.717, 1.165) is 35.2 Å². The summed E-state index contributed by atoms with van der Waals surface area (Å²) in [5.74, 6) is -0.646. The van der Waals surface area contributed by atoms with E-state index in [1.54, 1.807) is 18.3 Å². The molecule has 0 bridgehead atoms. The Bertz CT molecular complexity index is 1060. The number of benzene rings is 1. The van der Waals surface area contributed by atoms with Crippen LogP contribution in [0.1, 0.15) is 33.7 Å². The fourth-order valence-electron chi connectivity index (χ4n) is 3.24. The third-order valence-corrected chi connectivity index (χ3v) is 4.88. The number of carbonyl (C=O) groups is 2. The molecule has 7 heteroatoms. The Morgan fingerprint density at radius 2 is 1.84 bits per heavy atom. The largest absolute Gasteiger partial charge is 0.493 e. The Balaban J connectivity index is 1.60. The zero-order valence-corrected chi connectivity index (χ0v) is 17.5. The number of aromatic carboxylic acids is 1. The molecule has 0 saturated carbocycles. The first-order chi connectivity index (χ1) is 15.0. The lowest BCUT2D eigenvalue weighted by Gasteiger charge is -2.14. The highest BCUT2D eigenvalue weighted by molar-refractivity contribution is 5.94. The lowest BCUT2D eigenvalue weighted by atomic mass is 9.98. The molecule has 0 aliphatic carbocycles. The molecule has 0 aliphatic heterocycles. The van der Waals surface area contributed by atoms with Crippen LogP contribution in [0.5, 0.6) is 5.75 Å². The summed E-state index contributed by atoms with van der Waals surface area (Å²) in [4.78, 5) is 31.2. The smallest absolute Gasteiger partial charge is 0.355 e. The lowest BCUT2D eigenvalue weighted by molar-refractivity contribution is -0.139. The SMILES string of the molecule is COC(=O)Cc1ccc(CCCOc2cccc(-c3cccnc3C(=O)O)c2C)nc1. The van der Waals surface area contributed by atoms with Gasteiger partial charge in [-0.3, -0.25) is 9.78 Å². The van der Waals surface area contributed by atoms with E-state index in [4.69, 9.17) is 4.74 Å². The maximum absolute atomic E-state index is 11.5. The van der Waals surface area contributed by atoms with Crippen LogP contribution < -0.4 is 4.74 Å². The molecule has 0 fully saturated rings. The van der Waals surface area contributed by atoms with Crippen molar-refractivity contribution in [1.82, 2.24) is 9.97 Å². The maximum Gasteiger partial charge on any atom is 0.355 e. The van der Waals surface area contributed by atoms with Gasteiger partial charge in [-0.15, -0.1) is 0 Å². The van der Waals surface area contributed by atoms with Gasteiger partial charge in [0.25, 0.3) is 0 Å². The minimum Gasteiger partial charge on any atom is -0.493 e. The van der Waals surface area contributed by atoms with Gasteiger partial charge in [0.2, 0.25) is 0 Å². The minimum atomic E-state index is -1.06. The molecule has 0 aliphatic rings. The number of aryl methyl sites for hydroxylation is 1. The van der Waals surface area contributed by atoms with Crippen LogP contribution >= 0.6 is 0 Å². The zero-order chi connectivity index (χ0) is 22.2. The number of hydrogen-bond acceptors (Lipinski definition) is 6. The van der Waals surface area contributed by atoms with Crippen LogP contribution in [0.25, 0.3) is 11.1 Å². The zero-order valence-electron chi connectivity index (χ0n) is 17.5. The average Bonchev–Trinajstić information content (AvgIpc) is 2.78. The van der Waals surface area contributed by atoms with Gasteiger partial charge in [-0.2, -0.15) is 0 Å². The molecule has 0 atom stereocenters. The van der Waals surface area contributed by atoms with Crippen molar-refractivity contribution in [2.24, 2.45) is 0 Å². The number of rotatable bonds is 9. The minimum absolute atomic E-state index is 0.0180. The predicted octanol–water partition coefficient (Wildman–Crippen LogP) is 3.88. The number of hydrogen-bond donors (Lipinski definition) is 1. The Hall–Kier alpha value is -3.74. The number of aromatic nitrogens is 2. The van der Waals surface area contributed by atoms with Gasteiger partial charge in [0.1, 0.15) is 5.75 Å². The Labute approximate surface area is 180 Å². The van der Waals surface area contributed by atoms with Gasteiger partial charge in [-0.1, -0.05) is 24.3 Å². The van der Waals surface area contributed by atoms with Crippen LogP contribution in [-0.2, 0) is 22.4 Å². The van der Waals surface area contributed by atoms with Gasteiger partial charge in [0.15, 0.2) is 5.69 Å². The summed E-state index contributed by atoms with van der Waals surface area (Å²) in [6.07, 6.45) is 4.87. The third-order valence-electron chi connectivity index (χ3n) is 4.88. The van der Waals surface area contributed by atoms with Crippen LogP contribution in [0.15, 0.2) is 54.9 Å². The quantitative estimate of drug-likeness (QED) is 0.414. The number of nitrogens with zero attached hydrogens (tertiary/aromatic N) is 2. The molecule has 7 nitrogen and oxygen atoms in total. The molecule has 0 amide bonds. The molecule has 0 radical (unpaired) electrons.